The molecular weight excluding hydrogens is 174 g/mol. The molecule has 0 radical (unpaired) electrons. The lowest BCUT2D eigenvalue weighted by molar-refractivity contribution is -0.119. The van der Waals surface area contributed by atoms with Crippen molar-refractivity contribution >= 4 is 16.8 Å². The molecular formula is C9H12ClNO. The fourth-order valence-electron chi connectivity index (χ4n) is 0.994. The highest BCUT2D eigenvalue weighted by Crippen LogP contribution is 2.21. The highest BCUT2D eigenvalue weighted by molar-refractivity contribution is 6.64. The number of carbonyl (C=O) groups is 1. The topological polar surface area (TPSA) is 22.0 Å². The summed E-state index contributed by atoms with van der Waals surface area (Å²) in [5.74, 6) is 0. The van der Waals surface area contributed by atoms with E-state index < -0.39 is 5.41 Å². The molecule has 0 atom stereocenters. The van der Waals surface area contributed by atoms with Crippen molar-refractivity contribution in [3.63, 3.8) is 0 Å². The highest BCUT2D eigenvalue weighted by atomic mass is 35.5. The van der Waals surface area contributed by atoms with Crippen LogP contribution in [0.5, 0.6) is 0 Å². The van der Waals surface area contributed by atoms with Crippen LogP contribution in [0.3, 0.4) is 0 Å². The largest absolute Gasteiger partial charge is 0.353 e. The third-order valence-electron chi connectivity index (χ3n) is 1.78. The first kappa shape index (κ1) is 9.33. The Bertz CT molecular complexity index is 264. The Labute approximate surface area is 77.1 Å². The average Bonchev–Trinajstić information content (AvgIpc) is 2.38. The molecule has 3 heteroatoms. The summed E-state index contributed by atoms with van der Waals surface area (Å²) in [6.45, 7) is 4.30. The van der Waals surface area contributed by atoms with Crippen LogP contribution in [0.15, 0.2) is 24.5 Å². The molecule has 0 saturated carbocycles. The molecule has 0 aromatic carbocycles. The van der Waals surface area contributed by atoms with Crippen molar-refractivity contribution in [1.29, 1.82) is 0 Å². The van der Waals surface area contributed by atoms with Crippen LogP contribution < -0.4 is 0 Å². The molecule has 0 bridgehead atoms. The molecule has 1 aromatic heterocycles. The highest BCUT2D eigenvalue weighted by Gasteiger charge is 2.25. The Balaban J connectivity index is 2.69. The second-order valence-corrected chi connectivity index (χ2v) is 3.86. The number of aromatic nitrogens is 1. The number of rotatable bonds is 3. The van der Waals surface area contributed by atoms with E-state index in [4.69, 9.17) is 11.6 Å². The van der Waals surface area contributed by atoms with Gasteiger partial charge in [0.15, 0.2) is 0 Å². The molecule has 0 aliphatic rings. The maximum Gasteiger partial charge on any atom is 0.229 e. The zero-order valence-corrected chi connectivity index (χ0v) is 8.01. The van der Waals surface area contributed by atoms with Crippen LogP contribution in [0.2, 0.25) is 0 Å². The van der Waals surface area contributed by atoms with E-state index in [-0.39, 0.29) is 5.24 Å². The molecule has 0 amide bonds. The second kappa shape index (κ2) is 3.31. The van der Waals surface area contributed by atoms with Gasteiger partial charge in [0.2, 0.25) is 5.24 Å². The van der Waals surface area contributed by atoms with Gasteiger partial charge in [0.25, 0.3) is 0 Å². The van der Waals surface area contributed by atoms with Gasteiger partial charge in [-0.25, -0.2) is 0 Å². The zero-order valence-electron chi connectivity index (χ0n) is 7.25. The summed E-state index contributed by atoms with van der Waals surface area (Å²) >= 11 is 5.43. The predicted molar refractivity (Wildman–Crippen MR) is 49.1 cm³/mol. The molecule has 0 fully saturated rings. The lowest BCUT2D eigenvalue weighted by Crippen LogP contribution is -2.25. The van der Waals surface area contributed by atoms with E-state index in [9.17, 15) is 4.79 Å². The summed E-state index contributed by atoms with van der Waals surface area (Å²) in [5.41, 5.74) is -0.486. The number of hydrogen-bond acceptors (Lipinski definition) is 1. The minimum Gasteiger partial charge on any atom is -0.353 e. The third kappa shape index (κ3) is 2.11. The normalized spacial score (nSPS) is 11.6. The van der Waals surface area contributed by atoms with Gasteiger partial charge in [-0.1, -0.05) is 0 Å². The van der Waals surface area contributed by atoms with E-state index in [0.29, 0.717) is 6.54 Å². The standard InChI is InChI=1S/C9H12ClNO/c1-9(2,8(10)12)7-11-5-3-4-6-11/h3-6H,7H2,1-2H3. The summed E-state index contributed by atoms with van der Waals surface area (Å²) in [6.07, 6.45) is 3.84. The minimum absolute atomic E-state index is 0.295. The second-order valence-electron chi connectivity index (χ2n) is 3.51. The summed E-state index contributed by atoms with van der Waals surface area (Å²) in [5, 5.41) is -0.295. The first-order valence-corrected chi connectivity index (χ1v) is 4.21. The van der Waals surface area contributed by atoms with Crippen molar-refractivity contribution in [3.05, 3.63) is 24.5 Å². The summed E-state index contributed by atoms with van der Waals surface area (Å²) in [4.78, 5) is 10.9. The maximum atomic E-state index is 10.9. The number of nitrogens with zero attached hydrogens (tertiary/aromatic N) is 1. The van der Waals surface area contributed by atoms with Crippen molar-refractivity contribution in [2.75, 3.05) is 0 Å². The average molecular weight is 186 g/mol. The van der Waals surface area contributed by atoms with Crippen LogP contribution in [0.1, 0.15) is 13.8 Å². The van der Waals surface area contributed by atoms with Gasteiger partial charge in [-0.2, -0.15) is 0 Å². The minimum atomic E-state index is -0.486. The molecule has 0 spiro atoms. The molecule has 1 heterocycles. The van der Waals surface area contributed by atoms with E-state index in [1.54, 1.807) is 0 Å². The van der Waals surface area contributed by atoms with Gasteiger partial charge in [0, 0.05) is 18.9 Å². The Morgan fingerprint density at radius 2 is 1.92 bits per heavy atom. The van der Waals surface area contributed by atoms with E-state index >= 15 is 0 Å². The number of halogens is 1. The van der Waals surface area contributed by atoms with Crippen LogP contribution in [-0.2, 0) is 11.3 Å². The van der Waals surface area contributed by atoms with Crippen LogP contribution in [0.25, 0.3) is 0 Å². The Kier molecular flexibility index (Phi) is 2.58. The van der Waals surface area contributed by atoms with Gasteiger partial charge in [-0.15, -0.1) is 0 Å². The first-order chi connectivity index (χ1) is 5.52. The van der Waals surface area contributed by atoms with Crippen LogP contribution in [0.4, 0.5) is 0 Å². The summed E-state index contributed by atoms with van der Waals surface area (Å²) in [7, 11) is 0. The lowest BCUT2D eigenvalue weighted by Gasteiger charge is -2.19. The monoisotopic (exact) mass is 185 g/mol. The quantitative estimate of drug-likeness (QED) is 0.663. The van der Waals surface area contributed by atoms with E-state index in [0.717, 1.165) is 0 Å². The van der Waals surface area contributed by atoms with Crippen LogP contribution >= 0.6 is 11.6 Å². The van der Waals surface area contributed by atoms with Crippen molar-refractivity contribution in [2.24, 2.45) is 5.41 Å². The maximum absolute atomic E-state index is 10.9. The summed E-state index contributed by atoms with van der Waals surface area (Å²) < 4.78 is 1.94. The molecule has 2 nitrogen and oxygen atoms in total. The smallest absolute Gasteiger partial charge is 0.229 e. The van der Waals surface area contributed by atoms with Gasteiger partial charge < -0.3 is 4.57 Å². The van der Waals surface area contributed by atoms with Gasteiger partial charge in [-0.05, 0) is 37.6 Å². The van der Waals surface area contributed by atoms with Crippen molar-refractivity contribution in [1.82, 2.24) is 4.57 Å². The molecule has 0 aliphatic carbocycles. The third-order valence-corrected chi connectivity index (χ3v) is 2.29. The van der Waals surface area contributed by atoms with Crippen molar-refractivity contribution in [3.8, 4) is 0 Å². The molecule has 66 valence electrons. The van der Waals surface area contributed by atoms with E-state index in [1.807, 2.05) is 42.9 Å². The summed E-state index contributed by atoms with van der Waals surface area (Å²) in [6, 6.07) is 3.85. The van der Waals surface area contributed by atoms with Crippen LogP contribution in [-0.4, -0.2) is 9.81 Å². The Morgan fingerprint density at radius 3 is 2.33 bits per heavy atom. The molecule has 12 heavy (non-hydrogen) atoms. The molecule has 1 aromatic rings. The fourth-order valence-corrected chi connectivity index (χ4v) is 1.05. The SMILES string of the molecule is CC(C)(Cn1cccc1)C(=O)Cl. The van der Waals surface area contributed by atoms with Crippen molar-refractivity contribution < 1.29 is 4.79 Å². The molecule has 0 unspecified atom stereocenters. The first-order valence-electron chi connectivity index (χ1n) is 3.83. The van der Waals surface area contributed by atoms with Gasteiger partial charge >= 0.3 is 0 Å². The molecule has 0 aliphatic heterocycles. The van der Waals surface area contributed by atoms with Gasteiger partial charge in [0.1, 0.15) is 0 Å². The van der Waals surface area contributed by atoms with Crippen molar-refractivity contribution in [2.45, 2.75) is 20.4 Å². The number of hydrogen-bond donors (Lipinski definition) is 0. The van der Waals surface area contributed by atoms with E-state index in [1.165, 1.54) is 0 Å². The Hall–Kier alpha value is -0.760. The number of carbonyl (C=O) groups excluding carboxylic acids is 1. The fraction of sp³-hybridized carbons (Fsp3) is 0.444. The van der Waals surface area contributed by atoms with E-state index in [2.05, 4.69) is 0 Å². The van der Waals surface area contributed by atoms with Gasteiger partial charge in [-0.3, -0.25) is 4.79 Å². The molecule has 0 saturated heterocycles. The predicted octanol–water partition coefficient (Wildman–Crippen LogP) is 2.28. The molecule has 1 rings (SSSR count). The van der Waals surface area contributed by atoms with Crippen LogP contribution in [0, 0.1) is 5.41 Å². The zero-order chi connectivity index (χ0) is 9.19. The Morgan fingerprint density at radius 1 is 1.42 bits per heavy atom. The lowest BCUT2D eigenvalue weighted by atomic mass is 9.95. The van der Waals surface area contributed by atoms with Gasteiger partial charge in [0.05, 0.1) is 5.41 Å². The molecule has 0 N–H and O–H groups in total.